The van der Waals surface area contributed by atoms with E-state index in [0.717, 1.165) is 12.2 Å². The second kappa shape index (κ2) is 7.45. The molecule has 0 aliphatic carbocycles. The maximum Gasteiger partial charge on any atom is 0.221 e. The van der Waals surface area contributed by atoms with E-state index < -0.39 is 0 Å². The Hall–Kier alpha value is -0.870. The van der Waals surface area contributed by atoms with Gasteiger partial charge in [-0.25, -0.2) is 0 Å². The molecule has 1 aromatic heterocycles. The average Bonchev–Trinajstić information content (AvgIpc) is 2.70. The van der Waals surface area contributed by atoms with Crippen molar-refractivity contribution in [3.05, 3.63) is 16.3 Å². The van der Waals surface area contributed by atoms with Crippen LogP contribution in [-0.2, 0) is 11.3 Å². The van der Waals surface area contributed by atoms with E-state index in [1.807, 2.05) is 11.4 Å². The summed E-state index contributed by atoms with van der Waals surface area (Å²) in [5, 5.41) is 8.36. The number of hydrogen-bond donors (Lipinski definition) is 2. The van der Waals surface area contributed by atoms with Gasteiger partial charge in [0.15, 0.2) is 0 Å². The van der Waals surface area contributed by atoms with Gasteiger partial charge in [-0.3, -0.25) is 4.79 Å². The summed E-state index contributed by atoms with van der Waals surface area (Å²) in [6.07, 6.45) is 3.71. The number of anilines is 1. The lowest BCUT2D eigenvalue weighted by atomic mass is 10.1. The van der Waals surface area contributed by atoms with E-state index in [1.165, 1.54) is 24.1 Å². The van der Waals surface area contributed by atoms with Gasteiger partial charge in [0.1, 0.15) is 0 Å². The molecule has 1 unspecified atom stereocenters. The van der Waals surface area contributed by atoms with Crippen LogP contribution in [0.1, 0.15) is 44.9 Å². The summed E-state index contributed by atoms with van der Waals surface area (Å²) in [6, 6.07) is 2.49. The molecule has 0 aliphatic heterocycles. The lowest BCUT2D eigenvalue weighted by molar-refractivity contribution is -0.114. The number of unbranched alkanes of at least 4 members (excludes halogenated alkanes) is 1. The van der Waals surface area contributed by atoms with Crippen LogP contribution in [0.2, 0.25) is 0 Å². The largest absolute Gasteiger partial charge is 0.325 e. The Morgan fingerprint density at radius 2 is 2.29 bits per heavy atom. The van der Waals surface area contributed by atoms with Crippen molar-refractivity contribution in [2.45, 2.75) is 52.6 Å². The molecule has 3 nitrogen and oxygen atoms in total. The van der Waals surface area contributed by atoms with Gasteiger partial charge in [0, 0.05) is 24.4 Å². The molecule has 0 saturated heterocycles. The van der Waals surface area contributed by atoms with Crippen LogP contribution in [0.5, 0.6) is 0 Å². The number of amides is 1. The summed E-state index contributed by atoms with van der Waals surface area (Å²) in [5.74, 6) is -0.0105. The van der Waals surface area contributed by atoms with Gasteiger partial charge in [-0.05, 0) is 24.8 Å². The molecule has 1 aromatic rings. The topological polar surface area (TPSA) is 41.1 Å². The van der Waals surface area contributed by atoms with Gasteiger partial charge >= 0.3 is 0 Å². The molecule has 2 N–H and O–H groups in total. The molecule has 0 radical (unpaired) electrons. The van der Waals surface area contributed by atoms with Crippen LogP contribution in [-0.4, -0.2) is 11.9 Å². The van der Waals surface area contributed by atoms with Crippen LogP contribution in [0, 0.1) is 0 Å². The van der Waals surface area contributed by atoms with Crippen molar-refractivity contribution in [1.29, 1.82) is 0 Å². The van der Waals surface area contributed by atoms with E-state index >= 15 is 0 Å². The van der Waals surface area contributed by atoms with Crippen molar-refractivity contribution >= 4 is 22.9 Å². The quantitative estimate of drug-likeness (QED) is 0.783. The Bertz CT molecular complexity index is 349. The normalized spacial score (nSPS) is 12.4. The Morgan fingerprint density at radius 1 is 1.53 bits per heavy atom. The van der Waals surface area contributed by atoms with Crippen molar-refractivity contribution in [1.82, 2.24) is 5.32 Å². The predicted octanol–water partition coefficient (Wildman–Crippen LogP) is 3.37. The highest BCUT2D eigenvalue weighted by Crippen LogP contribution is 2.22. The van der Waals surface area contributed by atoms with E-state index in [1.54, 1.807) is 18.3 Å². The summed E-state index contributed by atoms with van der Waals surface area (Å²) in [4.78, 5) is 12.2. The van der Waals surface area contributed by atoms with Gasteiger partial charge in [-0.15, -0.1) is 11.3 Å². The van der Waals surface area contributed by atoms with Crippen molar-refractivity contribution < 1.29 is 4.79 Å². The number of rotatable bonds is 7. The molecule has 17 heavy (non-hydrogen) atoms. The smallest absolute Gasteiger partial charge is 0.221 e. The van der Waals surface area contributed by atoms with Crippen molar-refractivity contribution in [3.8, 4) is 0 Å². The van der Waals surface area contributed by atoms with Gasteiger partial charge < -0.3 is 10.6 Å². The maximum atomic E-state index is 11.0. The first-order valence-corrected chi connectivity index (χ1v) is 7.08. The number of thiophene rings is 1. The van der Waals surface area contributed by atoms with Crippen LogP contribution >= 0.6 is 11.3 Å². The zero-order valence-corrected chi connectivity index (χ0v) is 11.7. The Kier molecular flexibility index (Phi) is 6.22. The molecule has 4 heteroatoms. The first-order valence-electron chi connectivity index (χ1n) is 6.20. The molecule has 0 aromatic carbocycles. The summed E-state index contributed by atoms with van der Waals surface area (Å²) in [6.45, 7) is 6.79. The molecule has 0 aliphatic rings. The minimum absolute atomic E-state index is 0.0105. The molecular weight excluding hydrogens is 232 g/mol. The first-order chi connectivity index (χ1) is 8.13. The number of carbonyl (C=O) groups is 1. The fraction of sp³-hybridized carbons (Fsp3) is 0.615. The molecule has 0 spiro atoms. The number of carbonyl (C=O) groups excluding carboxylic acids is 1. The third kappa shape index (κ3) is 5.33. The van der Waals surface area contributed by atoms with Gasteiger partial charge in [-0.1, -0.05) is 19.8 Å². The molecule has 0 bridgehead atoms. The summed E-state index contributed by atoms with van der Waals surface area (Å²) in [7, 11) is 0. The minimum atomic E-state index is -0.0105. The number of hydrogen-bond acceptors (Lipinski definition) is 3. The third-order valence-corrected chi connectivity index (χ3v) is 3.58. The molecule has 1 amide bonds. The number of nitrogens with one attached hydrogen (secondary N) is 2. The van der Waals surface area contributed by atoms with Crippen LogP contribution < -0.4 is 10.6 Å². The molecule has 0 saturated carbocycles. The highest BCUT2D eigenvalue weighted by molar-refractivity contribution is 7.10. The van der Waals surface area contributed by atoms with Crippen molar-refractivity contribution in [3.63, 3.8) is 0 Å². The Balaban J connectivity index is 2.40. The monoisotopic (exact) mass is 254 g/mol. The van der Waals surface area contributed by atoms with Crippen molar-refractivity contribution in [2.24, 2.45) is 0 Å². The standard InChI is InChI=1S/C13H22N2OS/c1-4-5-6-10(2)14-9-13-12(7-8-17-13)15-11(3)16/h7-8,10,14H,4-6,9H2,1-3H3,(H,15,16). The minimum Gasteiger partial charge on any atom is -0.325 e. The zero-order chi connectivity index (χ0) is 12.7. The van der Waals surface area contributed by atoms with Gasteiger partial charge in [0.2, 0.25) is 5.91 Å². The molecular formula is C13H22N2OS. The second-order valence-electron chi connectivity index (χ2n) is 4.36. The maximum absolute atomic E-state index is 11.0. The summed E-state index contributed by atoms with van der Waals surface area (Å²) in [5.41, 5.74) is 0.942. The van der Waals surface area contributed by atoms with Gasteiger partial charge in [0.25, 0.3) is 0 Å². The second-order valence-corrected chi connectivity index (χ2v) is 5.36. The van der Waals surface area contributed by atoms with Crippen LogP contribution in [0.15, 0.2) is 11.4 Å². The fourth-order valence-electron chi connectivity index (χ4n) is 1.66. The highest BCUT2D eigenvalue weighted by Gasteiger charge is 2.07. The molecule has 1 atom stereocenters. The van der Waals surface area contributed by atoms with Crippen LogP contribution in [0.25, 0.3) is 0 Å². The predicted molar refractivity (Wildman–Crippen MR) is 74.4 cm³/mol. The summed E-state index contributed by atoms with van der Waals surface area (Å²) >= 11 is 1.68. The molecule has 1 rings (SSSR count). The van der Waals surface area contributed by atoms with Crippen LogP contribution in [0.4, 0.5) is 5.69 Å². The fourth-order valence-corrected chi connectivity index (χ4v) is 2.44. The molecule has 0 fully saturated rings. The SMILES string of the molecule is CCCCC(C)NCc1sccc1NC(C)=O. The van der Waals surface area contributed by atoms with Crippen molar-refractivity contribution in [2.75, 3.05) is 5.32 Å². The van der Waals surface area contributed by atoms with Gasteiger partial charge in [0.05, 0.1) is 5.69 Å². The van der Waals surface area contributed by atoms with Crippen LogP contribution in [0.3, 0.4) is 0 Å². The molecule has 1 heterocycles. The molecule has 96 valence electrons. The van der Waals surface area contributed by atoms with E-state index in [0.29, 0.717) is 6.04 Å². The Labute approximate surface area is 108 Å². The van der Waals surface area contributed by atoms with E-state index in [9.17, 15) is 4.79 Å². The van der Waals surface area contributed by atoms with E-state index in [-0.39, 0.29) is 5.91 Å². The Morgan fingerprint density at radius 3 is 2.94 bits per heavy atom. The van der Waals surface area contributed by atoms with Gasteiger partial charge in [-0.2, -0.15) is 0 Å². The third-order valence-electron chi connectivity index (χ3n) is 2.66. The lowest BCUT2D eigenvalue weighted by Gasteiger charge is -2.13. The summed E-state index contributed by atoms with van der Waals surface area (Å²) < 4.78 is 0. The van der Waals surface area contributed by atoms with E-state index in [2.05, 4.69) is 24.5 Å². The zero-order valence-electron chi connectivity index (χ0n) is 10.9. The van der Waals surface area contributed by atoms with E-state index in [4.69, 9.17) is 0 Å². The highest BCUT2D eigenvalue weighted by atomic mass is 32.1. The first kappa shape index (κ1) is 14.2. The average molecular weight is 254 g/mol. The lowest BCUT2D eigenvalue weighted by Crippen LogP contribution is -2.25.